The van der Waals surface area contributed by atoms with E-state index in [0.717, 1.165) is 15.7 Å². The van der Waals surface area contributed by atoms with Crippen molar-refractivity contribution < 1.29 is 14.3 Å². The molecule has 0 bridgehead atoms. The molecule has 0 unspecified atom stereocenters. The van der Waals surface area contributed by atoms with Gasteiger partial charge in [-0.15, -0.1) is 0 Å². The van der Waals surface area contributed by atoms with Gasteiger partial charge in [0.15, 0.2) is 5.78 Å². The summed E-state index contributed by atoms with van der Waals surface area (Å²) in [4.78, 5) is 25.9. The maximum absolute atomic E-state index is 13.3. The van der Waals surface area contributed by atoms with Crippen LogP contribution in [0, 0.1) is 16.7 Å². The van der Waals surface area contributed by atoms with Crippen molar-refractivity contribution in [2.24, 2.45) is 5.41 Å². The summed E-state index contributed by atoms with van der Waals surface area (Å²) in [5.74, 6) is 0.218. The number of ether oxygens (including phenoxy) is 1. The SMILES string of the molecule is COc1ccc([C@@H]2C(C#N)=C(SCC(=O)Nc3ccc(Br)cc3)NC3=C2C(=O)CC(C)(C)C3)cc1. The van der Waals surface area contributed by atoms with Crippen LogP contribution in [0.3, 0.4) is 0 Å². The summed E-state index contributed by atoms with van der Waals surface area (Å²) >= 11 is 4.66. The van der Waals surface area contributed by atoms with Crippen LogP contribution in [0.1, 0.15) is 38.2 Å². The number of halogens is 1. The molecule has 0 saturated carbocycles. The predicted molar refractivity (Wildman–Crippen MR) is 142 cm³/mol. The van der Waals surface area contributed by atoms with E-state index in [1.54, 1.807) is 7.11 Å². The van der Waals surface area contributed by atoms with Crippen LogP contribution in [-0.4, -0.2) is 24.6 Å². The van der Waals surface area contributed by atoms with E-state index in [0.29, 0.717) is 40.5 Å². The Kier molecular flexibility index (Phi) is 7.39. The third kappa shape index (κ3) is 5.63. The zero-order valence-corrected chi connectivity index (χ0v) is 22.2. The lowest BCUT2D eigenvalue weighted by Crippen LogP contribution is -2.37. The molecule has 2 aromatic carbocycles. The van der Waals surface area contributed by atoms with Crippen molar-refractivity contribution in [3.63, 3.8) is 0 Å². The van der Waals surface area contributed by atoms with Crippen molar-refractivity contribution in [1.29, 1.82) is 5.26 Å². The number of ketones is 1. The van der Waals surface area contributed by atoms with E-state index in [1.165, 1.54) is 11.8 Å². The van der Waals surface area contributed by atoms with E-state index in [4.69, 9.17) is 4.74 Å². The zero-order chi connectivity index (χ0) is 25.2. The number of amides is 1. The number of nitriles is 1. The van der Waals surface area contributed by atoms with Crippen LogP contribution < -0.4 is 15.4 Å². The normalized spacial score (nSPS) is 18.9. The molecular formula is C27H26BrN3O3S. The Balaban J connectivity index is 1.64. The van der Waals surface area contributed by atoms with Gasteiger partial charge in [0.1, 0.15) is 5.75 Å². The molecule has 1 atom stereocenters. The Hall–Kier alpha value is -3.02. The number of methoxy groups -OCH3 is 1. The van der Waals surface area contributed by atoms with Gasteiger partial charge in [-0.2, -0.15) is 5.26 Å². The van der Waals surface area contributed by atoms with Crippen molar-refractivity contribution in [2.45, 2.75) is 32.6 Å². The number of nitrogens with zero attached hydrogens (tertiary/aromatic N) is 1. The average Bonchev–Trinajstić information content (AvgIpc) is 2.82. The quantitative estimate of drug-likeness (QED) is 0.464. The van der Waals surface area contributed by atoms with Gasteiger partial charge < -0.3 is 15.4 Å². The first-order valence-corrected chi connectivity index (χ1v) is 13.0. The largest absolute Gasteiger partial charge is 0.497 e. The van der Waals surface area contributed by atoms with E-state index in [2.05, 4.69) is 46.5 Å². The minimum atomic E-state index is -0.484. The Labute approximate surface area is 217 Å². The molecule has 1 aliphatic heterocycles. The number of hydrogen-bond donors (Lipinski definition) is 2. The molecule has 2 aliphatic rings. The van der Waals surface area contributed by atoms with Crippen molar-refractivity contribution in [3.05, 3.63) is 80.4 Å². The van der Waals surface area contributed by atoms with Crippen molar-refractivity contribution in [1.82, 2.24) is 5.32 Å². The van der Waals surface area contributed by atoms with Crippen LogP contribution in [0.25, 0.3) is 0 Å². The fraction of sp³-hybridized carbons (Fsp3) is 0.296. The summed E-state index contributed by atoms with van der Waals surface area (Å²) in [6.07, 6.45) is 1.12. The second-order valence-electron chi connectivity index (χ2n) is 9.36. The fourth-order valence-corrected chi connectivity index (χ4v) is 5.61. The number of thioether (sulfide) groups is 1. The van der Waals surface area contributed by atoms with Crippen molar-refractivity contribution >= 4 is 45.1 Å². The van der Waals surface area contributed by atoms with E-state index >= 15 is 0 Å². The molecule has 0 radical (unpaired) electrons. The third-order valence-electron chi connectivity index (χ3n) is 6.05. The molecule has 2 N–H and O–H groups in total. The summed E-state index contributed by atoms with van der Waals surface area (Å²) in [6, 6.07) is 17.1. The lowest BCUT2D eigenvalue weighted by Gasteiger charge is -2.39. The third-order valence-corrected chi connectivity index (χ3v) is 7.60. The van der Waals surface area contributed by atoms with Gasteiger partial charge in [0, 0.05) is 27.9 Å². The topological polar surface area (TPSA) is 91.2 Å². The molecule has 1 amide bonds. The number of benzene rings is 2. The lowest BCUT2D eigenvalue weighted by molar-refractivity contribution is -0.118. The van der Waals surface area contributed by atoms with Crippen LogP contribution in [0.5, 0.6) is 5.75 Å². The molecule has 0 aromatic heterocycles. The average molecular weight is 552 g/mol. The van der Waals surface area contributed by atoms with Crippen LogP contribution >= 0.6 is 27.7 Å². The number of nitrogens with one attached hydrogen (secondary N) is 2. The maximum Gasteiger partial charge on any atom is 0.234 e. The van der Waals surface area contributed by atoms with Gasteiger partial charge >= 0.3 is 0 Å². The predicted octanol–water partition coefficient (Wildman–Crippen LogP) is 5.89. The first kappa shape index (κ1) is 25.1. The van der Waals surface area contributed by atoms with Gasteiger partial charge in [-0.1, -0.05) is 53.7 Å². The molecule has 8 heteroatoms. The molecule has 2 aromatic rings. The molecule has 1 heterocycles. The molecule has 6 nitrogen and oxygen atoms in total. The van der Waals surface area contributed by atoms with E-state index < -0.39 is 5.92 Å². The van der Waals surface area contributed by atoms with Crippen LogP contribution in [0.15, 0.2) is 74.9 Å². The summed E-state index contributed by atoms with van der Waals surface area (Å²) in [6.45, 7) is 4.14. The van der Waals surface area contributed by atoms with E-state index in [-0.39, 0.29) is 22.9 Å². The van der Waals surface area contributed by atoms with Crippen LogP contribution in [0.4, 0.5) is 5.69 Å². The Morgan fingerprint density at radius 2 is 1.89 bits per heavy atom. The number of hydrogen-bond acceptors (Lipinski definition) is 6. The Morgan fingerprint density at radius 3 is 2.51 bits per heavy atom. The highest BCUT2D eigenvalue weighted by Gasteiger charge is 2.41. The number of Topliss-reactive ketones (excluding diaryl/α,β-unsaturated/α-hetero) is 1. The minimum Gasteiger partial charge on any atom is -0.497 e. The standard InChI is InChI=1S/C27H26BrN3O3S/c1-27(2)12-21-25(22(32)13-27)24(16-4-10-19(34-3)11-5-16)20(14-29)26(31-21)35-15-23(33)30-18-8-6-17(28)7-9-18/h4-11,24,31H,12-13,15H2,1-3H3,(H,30,33)/t24-/m1/s1. The highest BCUT2D eigenvalue weighted by molar-refractivity contribution is 9.10. The number of allylic oxidation sites excluding steroid dienone is 3. The van der Waals surface area contributed by atoms with Crippen LogP contribution in [0.2, 0.25) is 0 Å². The molecule has 0 saturated heterocycles. The van der Waals surface area contributed by atoms with Gasteiger partial charge in [-0.25, -0.2) is 0 Å². The molecule has 0 spiro atoms. The Bertz CT molecular complexity index is 1260. The monoisotopic (exact) mass is 551 g/mol. The number of anilines is 1. The smallest absolute Gasteiger partial charge is 0.234 e. The van der Waals surface area contributed by atoms with Gasteiger partial charge in [0.2, 0.25) is 5.91 Å². The summed E-state index contributed by atoms with van der Waals surface area (Å²) in [5.41, 5.74) is 3.29. The lowest BCUT2D eigenvalue weighted by atomic mass is 9.69. The second kappa shape index (κ2) is 10.3. The highest BCUT2D eigenvalue weighted by Crippen LogP contribution is 2.48. The summed E-state index contributed by atoms with van der Waals surface area (Å²) in [7, 11) is 1.60. The highest BCUT2D eigenvalue weighted by atomic mass is 79.9. The number of rotatable bonds is 6. The Morgan fingerprint density at radius 1 is 1.20 bits per heavy atom. The van der Waals surface area contributed by atoms with E-state index in [1.807, 2.05) is 48.5 Å². The maximum atomic E-state index is 13.3. The molecular weight excluding hydrogens is 526 g/mol. The molecule has 1 aliphatic carbocycles. The molecule has 0 fully saturated rings. The minimum absolute atomic E-state index is 0.0503. The zero-order valence-electron chi connectivity index (χ0n) is 19.8. The first-order valence-electron chi connectivity index (χ1n) is 11.2. The van der Waals surface area contributed by atoms with Crippen LogP contribution in [-0.2, 0) is 9.59 Å². The molecule has 35 heavy (non-hydrogen) atoms. The van der Waals surface area contributed by atoms with Crippen molar-refractivity contribution in [2.75, 3.05) is 18.2 Å². The summed E-state index contributed by atoms with van der Waals surface area (Å²) in [5, 5.41) is 17.0. The number of carbonyl (C=O) groups excluding carboxylic acids is 2. The van der Waals surface area contributed by atoms with Crippen molar-refractivity contribution in [3.8, 4) is 11.8 Å². The van der Waals surface area contributed by atoms with Gasteiger partial charge in [0.25, 0.3) is 0 Å². The van der Waals surface area contributed by atoms with Gasteiger partial charge in [-0.3, -0.25) is 9.59 Å². The van der Waals surface area contributed by atoms with E-state index in [9.17, 15) is 14.9 Å². The fourth-order valence-electron chi connectivity index (χ4n) is 4.49. The number of dihydropyridines is 1. The molecule has 4 rings (SSSR count). The number of carbonyl (C=O) groups is 2. The summed E-state index contributed by atoms with van der Waals surface area (Å²) < 4.78 is 6.22. The first-order chi connectivity index (χ1) is 16.7. The second-order valence-corrected chi connectivity index (χ2v) is 11.3. The van der Waals surface area contributed by atoms with Gasteiger partial charge in [-0.05, 0) is 53.8 Å². The molecule has 180 valence electrons. The van der Waals surface area contributed by atoms with Gasteiger partial charge in [0.05, 0.1) is 35.5 Å².